The van der Waals surface area contributed by atoms with Gasteiger partial charge in [-0.25, -0.2) is 0 Å². The molecule has 30 heavy (non-hydrogen) atoms. The van der Waals surface area contributed by atoms with Gasteiger partial charge in [0.25, 0.3) is 0 Å². The van der Waals surface area contributed by atoms with Gasteiger partial charge in [-0.15, -0.1) is 17.0 Å². The molecule has 3 aromatic carbocycles. The second kappa shape index (κ2) is 11.6. The van der Waals surface area contributed by atoms with Gasteiger partial charge >= 0.3 is 185 Å². The summed E-state index contributed by atoms with van der Waals surface area (Å²) in [6.07, 6.45) is 6.19. The van der Waals surface area contributed by atoms with Crippen LogP contribution in [0.25, 0.3) is 0 Å². The second-order valence-electron chi connectivity index (χ2n) is 8.13. The Balaban J connectivity index is 0.00000320. The zero-order valence-corrected chi connectivity index (χ0v) is 22.3. The Kier molecular flexibility index (Phi) is 9.75. The van der Waals surface area contributed by atoms with Gasteiger partial charge in [-0.2, -0.15) is 0 Å². The molecule has 0 aliphatic carbocycles. The van der Waals surface area contributed by atoms with Crippen LogP contribution in [0.4, 0.5) is 0 Å². The van der Waals surface area contributed by atoms with E-state index in [2.05, 4.69) is 125 Å². The molecule has 0 unspecified atom stereocenters. The first kappa shape index (κ1) is 25.3. The molecule has 0 heterocycles. The molecule has 0 aliphatic rings. The first-order chi connectivity index (χ1) is 14.1. The molecule has 0 amide bonds. The van der Waals surface area contributed by atoms with Crippen molar-refractivity contribution in [2.75, 3.05) is 26.8 Å². The average Bonchev–Trinajstić information content (AvgIpc) is 2.78. The minimum atomic E-state index is -2.72. The number of halogens is 2. The van der Waals surface area contributed by atoms with E-state index in [4.69, 9.17) is 0 Å². The summed E-state index contributed by atoms with van der Waals surface area (Å²) in [7, 11) is 4.32. The van der Waals surface area contributed by atoms with Crippen molar-refractivity contribution >= 4 is 53.7 Å². The van der Waals surface area contributed by atoms with Crippen molar-refractivity contribution < 1.29 is 0 Å². The van der Waals surface area contributed by atoms with E-state index in [0.717, 1.165) is 6.16 Å². The monoisotopic (exact) mass is 549 g/mol. The summed E-state index contributed by atoms with van der Waals surface area (Å²) in [5.74, 6) is 0. The van der Waals surface area contributed by atoms with Crippen LogP contribution in [0.1, 0.15) is 25.7 Å². The van der Waals surface area contributed by atoms with Crippen molar-refractivity contribution in [2.24, 2.45) is 0 Å². The predicted octanol–water partition coefficient (Wildman–Crippen LogP) is 6.53. The van der Waals surface area contributed by atoms with E-state index in [1.54, 1.807) is 0 Å². The second-order valence-corrected chi connectivity index (χ2v) is 17.2. The van der Waals surface area contributed by atoms with Crippen LogP contribution in [-0.4, -0.2) is 31.7 Å². The van der Waals surface area contributed by atoms with Crippen molar-refractivity contribution in [3.63, 3.8) is 0 Å². The Morgan fingerprint density at radius 3 is 1.33 bits per heavy atom. The van der Waals surface area contributed by atoms with E-state index in [-0.39, 0.29) is 17.0 Å². The van der Waals surface area contributed by atoms with Gasteiger partial charge in [-0.3, -0.25) is 0 Å². The molecule has 0 fully saturated rings. The standard InChI is InChI=1S/C26H33BrNP.BrH/c1-28(2)22-14-3-4-15-23-29(27,24-16-8-5-9-17-24,25-18-10-6-11-19-25)26-20-12-7-13-21-26;/h5-13,16-21H,3-4,14-15,22-23H2,1-2H3;1H. The van der Waals surface area contributed by atoms with Gasteiger partial charge in [0.2, 0.25) is 0 Å². The molecule has 1 nitrogen and oxygen atoms in total. The SMILES string of the molecule is Br.CN(C)CCCCCCP(Br)(c1ccccc1)(c1ccccc1)c1ccccc1. The third kappa shape index (κ3) is 5.43. The first-order valence-electron chi connectivity index (χ1n) is 10.6. The molecule has 0 aromatic heterocycles. The van der Waals surface area contributed by atoms with Gasteiger partial charge < -0.3 is 0 Å². The zero-order chi connectivity index (χ0) is 20.6. The summed E-state index contributed by atoms with van der Waals surface area (Å²) in [5, 5.41) is 1.55. The van der Waals surface area contributed by atoms with Gasteiger partial charge in [0.15, 0.2) is 0 Å². The van der Waals surface area contributed by atoms with Gasteiger partial charge in [0, 0.05) is 0 Å². The first-order valence-corrected chi connectivity index (χ1v) is 15.0. The number of benzene rings is 3. The molecule has 0 aliphatic heterocycles. The topological polar surface area (TPSA) is 3.24 Å². The Bertz CT molecular complexity index is 770. The molecule has 0 radical (unpaired) electrons. The summed E-state index contributed by atoms with van der Waals surface area (Å²) in [4.78, 5) is 2.28. The Hall–Kier alpha value is -0.990. The number of unbranched alkanes of at least 4 members (excludes halogenated alkanes) is 3. The summed E-state index contributed by atoms with van der Waals surface area (Å²) >= 11 is 4.53. The van der Waals surface area contributed by atoms with Crippen molar-refractivity contribution in [3.8, 4) is 0 Å². The van der Waals surface area contributed by atoms with Gasteiger partial charge in [0.1, 0.15) is 0 Å². The van der Waals surface area contributed by atoms with Crippen LogP contribution >= 0.6 is 37.8 Å². The fourth-order valence-corrected chi connectivity index (χ4v) is 12.0. The van der Waals surface area contributed by atoms with Crippen LogP contribution in [0.15, 0.2) is 91.0 Å². The molecule has 3 aromatic rings. The van der Waals surface area contributed by atoms with Crippen LogP contribution < -0.4 is 15.9 Å². The maximum atomic E-state index is 4.53. The normalized spacial score (nSPS) is 12.7. The maximum absolute atomic E-state index is 4.53. The zero-order valence-electron chi connectivity index (χ0n) is 18.1. The van der Waals surface area contributed by atoms with E-state index < -0.39 is 5.31 Å². The minimum absolute atomic E-state index is 0. The summed E-state index contributed by atoms with van der Waals surface area (Å²) in [6, 6.07) is 33.4. The van der Waals surface area contributed by atoms with Crippen molar-refractivity contribution in [3.05, 3.63) is 91.0 Å². The van der Waals surface area contributed by atoms with Crippen molar-refractivity contribution in [1.29, 1.82) is 0 Å². The summed E-state index contributed by atoms with van der Waals surface area (Å²) in [6.45, 7) is 1.17. The fraction of sp³-hybridized carbons (Fsp3) is 0.308. The molecular weight excluding hydrogens is 517 g/mol. The third-order valence-corrected chi connectivity index (χ3v) is 15.8. The fourth-order valence-electron chi connectivity index (χ4n) is 4.24. The summed E-state index contributed by atoms with van der Waals surface area (Å²) in [5.41, 5.74) is 0. The van der Waals surface area contributed by atoms with Crippen LogP contribution in [0, 0.1) is 0 Å². The number of nitrogens with zero attached hydrogens (tertiary/aromatic N) is 1. The van der Waals surface area contributed by atoms with Gasteiger partial charge in [0.05, 0.1) is 0 Å². The molecule has 0 N–H and O–H groups in total. The molecule has 162 valence electrons. The predicted molar refractivity (Wildman–Crippen MR) is 146 cm³/mol. The van der Waals surface area contributed by atoms with Crippen LogP contribution in [0.5, 0.6) is 0 Å². The molecule has 0 spiro atoms. The molecule has 0 bridgehead atoms. The van der Waals surface area contributed by atoms with E-state index in [1.807, 2.05) is 0 Å². The number of rotatable bonds is 10. The van der Waals surface area contributed by atoms with Crippen LogP contribution in [-0.2, 0) is 0 Å². The van der Waals surface area contributed by atoms with Crippen molar-refractivity contribution in [2.45, 2.75) is 25.7 Å². The molecule has 3 rings (SSSR count). The quantitative estimate of drug-likeness (QED) is 0.205. The molecule has 0 saturated carbocycles. The molecular formula is C26H34Br2NP. The van der Waals surface area contributed by atoms with Gasteiger partial charge in [-0.05, 0) is 0 Å². The third-order valence-electron chi connectivity index (χ3n) is 5.82. The van der Waals surface area contributed by atoms with Gasteiger partial charge in [-0.1, -0.05) is 0 Å². The van der Waals surface area contributed by atoms with Crippen LogP contribution in [0.3, 0.4) is 0 Å². The Morgan fingerprint density at radius 2 is 0.967 bits per heavy atom. The average molecular weight is 551 g/mol. The Labute approximate surface area is 201 Å². The van der Waals surface area contributed by atoms with E-state index in [0.29, 0.717) is 0 Å². The Morgan fingerprint density at radius 1 is 0.600 bits per heavy atom. The van der Waals surface area contributed by atoms with Crippen LogP contribution in [0.2, 0.25) is 0 Å². The van der Waals surface area contributed by atoms with E-state index in [1.165, 1.54) is 48.1 Å². The number of hydrogen-bond acceptors (Lipinski definition) is 1. The molecule has 4 heteroatoms. The van der Waals surface area contributed by atoms with Crippen molar-refractivity contribution in [1.82, 2.24) is 4.90 Å². The molecule has 0 saturated heterocycles. The summed E-state index contributed by atoms with van der Waals surface area (Å²) < 4.78 is 0. The molecule has 0 atom stereocenters. The van der Waals surface area contributed by atoms with E-state index >= 15 is 0 Å². The van der Waals surface area contributed by atoms with E-state index in [9.17, 15) is 0 Å². The number of hydrogen-bond donors (Lipinski definition) is 0.